The zero-order chi connectivity index (χ0) is 25.3. The number of primary amides is 1. The van der Waals surface area contributed by atoms with E-state index in [4.69, 9.17) is 5.73 Å². The largest absolute Gasteiger partial charge is 0.508 e. The van der Waals surface area contributed by atoms with Gasteiger partial charge in [-0.1, -0.05) is 0 Å². The highest BCUT2D eigenvalue weighted by atomic mass is 16.3. The molecule has 10 nitrogen and oxygen atoms in total. The SMILES string of the molecule is CCN(C)c1ccc(O)c2c1CC1CC3[C@H](N(C)C)C(=O)C(C(N)=O)=C(O)C3(O)C(=O)C1=C2O. The first-order valence-corrected chi connectivity index (χ1v) is 11.1. The van der Waals surface area contributed by atoms with Gasteiger partial charge in [0.05, 0.1) is 11.6 Å². The van der Waals surface area contributed by atoms with Gasteiger partial charge in [-0.2, -0.15) is 0 Å². The molecule has 1 fully saturated rings. The van der Waals surface area contributed by atoms with Gasteiger partial charge in [0.2, 0.25) is 5.78 Å². The van der Waals surface area contributed by atoms with Gasteiger partial charge in [-0.05, 0) is 57.5 Å². The van der Waals surface area contributed by atoms with E-state index in [9.17, 15) is 34.8 Å². The Morgan fingerprint density at radius 3 is 2.38 bits per heavy atom. The molecule has 0 bridgehead atoms. The van der Waals surface area contributed by atoms with Crippen molar-refractivity contribution < 1.29 is 34.8 Å². The molecule has 34 heavy (non-hydrogen) atoms. The molecule has 6 N–H and O–H groups in total. The van der Waals surface area contributed by atoms with Crippen LogP contribution in [0.15, 0.2) is 29.0 Å². The smallest absolute Gasteiger partial charge is 0.255 e. The zero-order valence-corrected chi connectivity index (χ0v) is 19.5. The summed E-state index contributed by atoms with van der Waals surface area (Å²) in [6.45, 7) is 2.61. The molecule has 1 amide bonds. The number of aliphatic hydroxyl groups excluding tert-OH is 2. The number of aromatic hydroxyl groups is 1. The molecule has 0 spiro atoms. The molecule has 0 radical (unpaired) electrons. The van der Waals surface area contributed by atoms with E-state index in [0.717, 1.165) is 5.69 Å². The summed E-state index contributed by atoms with van der Waals surface area (Å²) in [7, 11) is 5.00. The second kappa shape index (κ2) is 7.85. The van der Waals surface area contributed by atoms with Crippen LogP contribution in [-0.4, -0.2) is 82.1 Å². The number of carbonyl (C=O) groups is 3. The summed E-state index contributed by atoms with van der Waals surface area (Å²) >= 11 is 0. The zero-order valence-electron chi connectivity index (χ0n) is 19.5. The van der Waals surface area contributed by atoms with Crippen molar-refractivity contribution in [3.05, 3.63) is 40.2 Å². The van der Waals surface area contributed by atoms with E-state index in [-0.39, 0.29) is 29.7 Å². The van der Waals surface area contributed by atoms with Crippen LogP contribution in [0.2, 0.25) is 0 Å². The molecular weight excluding hydrogens is 442 g/mol. The molecule has 1 aromatic rings. The van der Waals surface area contributed by atoms with E-state index in [1.54, 1.807) is 20.2 Å². The average Bonchev–Trinajstić information content (AvgIpc) is 2.75. The number of benzene rings is 1. The summed E-state index contributed by atoms with van der Waals surface area (Å²) in [6.07, 6.45) is 0.333. The molecule has 0 aliphatic heterocycles. The summed E-state index contributed by atoms with van der Waals surface area (Å²) in [5.41, 5.74) is 3.23. The van der Waals surface area contributed by atoms with Gasteiger partial charge in [0, 0.05) is 30.8 Å². The molecule has 3 unspecified atom stereocenters. The lowest BCUT2D eigenvalue weighted by atomic mass is 9.57. The number of ketones is 2. The van der Waals surface area contributed by atoms with Crippen molar-refractivity contribution in [2.75, 3.05) is 32.6 Å². The Labute approximate surface area is 196 Å². The minimum absolute atomic E-state index is 0.0662. The van der Waals surface area contributed by atoms with Crippen molar-refractivity contribution in [2.45, 2.75) is 31.4 Å². The van der Waals surface area contributed by atoms with Crippen LogP contribution >= 0.6 is 0 Å². The average molecular weight is 472 g/mol. The molecule has 1 aromatic carbocycles. The number of nitrogens with zero attached hydrogens (tertiary/aromatic N) is 2. The van der Waals surface area contributed by atoms with Crippen molar-refractivity contribution >= 4 is 28.9 Å². The van der Waals surface area contributed by atoms with Crippen LogP contribution in [0.4, 0.5) is 5.69 Å². The standard InChI is InChI=1S/C24H29N3O7/c1-5-27(4)13-6-7-14(28)16-11(13)8-10-9-12-18(26(2)3)20(30)17(23(25)33)22(32)24(12,34)21(31)15(10)19(16)29/h6-7,10,12,18,28-29,32,34H,5,8-9H2,1-4H3,(H2,25,33)/t10?,12?,18-,24?/m0/s1. The lowest BCUT2D eigenvalue weighted by molar-refractivity contribution is -0.153. The lowest BCUT2D eigenvalue weighted by Crippen LogP contribution is -2.65. The van der Waals surface area contributed by atoms with Crippen molar-refractivity contribution in [3.63, 3.8) is 0 Å². The first-order chi connectivity index (χ1) is 15.9. The minimum atomic E-state index is -2.63. The number of aliphatic hydroxyl groups is 3. The van der Waals surface area contributed by atoms with Crippen LogP contribution in [0.25, 0.3) is 5.76 Å². The van der Waals surface area contributed by atoms with Gasteiger partial charge in [0.1, 0.15) is 22.8 Å². The number of rotatable bonds is 4. The van der Waals surface area contributed by atoms with Crippen LogP contribution in [0, 0.1) is 11.8 Å². The van der Waals surface area contributed by atoms with E-state index in [2.05, 4.69) is 0 Å². The van der Waals surface area contributed by atoms with Gasteiger partial charge in [-0.25, -0.2) is 0 Å². The Balaban J connectivity index is 1.98. The molecule has 3 aliphatic carbocycles. The fourth-order valence-corrected chi connectivity index (χ4v) is 5.76. The number of hydrogen-bond acceptors (Lipinski definition) is 9. The summed E-state index contributed by atoms with van der Waals surface area (Å²) in [6, 6.07) is 2.06. The number of Topliss-reactive ketones (excluding diaryl/α,β-unsaturated/α-hetero) is 2. The first kappa shape index (κ1) is 23.8. The Hall–Kier alpha value is -3.37. The van der Waals surface area contributed by atoms with E-state index < -0.39 is 58.0 Å². The number of nitrogens with two attached hydrogens (primary N) is 1. The summed E-state index contributed by atoms with van der Waals surface area (Å²) in [5.74, 6) is -6.52. The highest BCUT2D eigenvalue weighted by molar-refractivity contribution is 6.24. The monoisotopic (exact) mass is 471 g/mol. The number of hydrogen-bond donors (Lipinski definition) is 5. The Morgan fingerprint density at radius 1 is 1.18 bits per heavy atom. The Bertz CT molecular complexity index is 1190. The maximum absolute atomic E-state index is 13.7. The summed E-state index contributed by atoms with van der Waals surface area (Å²) in [4.78, 5) is 42.2. The molecule has 3 aliphatic rings. The fourth-order valence-electron chi connectivity index (χ4n) is 5.76. The maximum atomic E-state index is 13.7. The third-order valence-electron chi connectivity index (χ3n) is 7.47. The van der Waals surface area contributed by atoms with Gasteiger partial charge < -0.3 is 31.1 Å². The highest BCUT2D eigenvalue weighted by Crippen LogP contribution is 2.53. The van der Waals surface area contributed by atoms with Crippen LogP contribution in [0.3, 0.4) is 0 Å². The van der Waals surface area contributed by atoms with Crippen molar-refractivity contribution in [3.8, 4) is 5.75 Å². The normalized spacial score (nSPS) is 28.6. The van der Waals surface area contributed by atoms with Crippen LogP contribution in [0.1, 0.15) is 24.5 Å². The lowest BCUT2D eigenvalue weighted by Gasteiger charge is -2.50. The topological polar surface area (TPSA) is 165 Å². The van der Waals surface area contributed by atoms with Crippen molar-refractivity contribution in [1.82, 2.24) is 4.90 Å². The van der Waals surface area contributed by atoms with Gasteiger partial charge in [0.25, 0.3) is 5.91 Å². The van der Waals surface area contributed by atoms with Gasteiger partial charge in [-0.3, -0.25) is 19.3 Å². The molecule has 4 rings (SSSR count). The molecule has 0 saturated heterocycles. The number of phenols is 1. The number of anilines is 1. The third-order valence-corrected chi connectivity index (χ3v) is 7.47. The predicted molar refractivity (Wildman–Crippen MR) is 123 cm³/mol. The Morgan fingerprint density at radius 2 is 1.82 bits per heavy atom. The quantitative estimate of drug-likeness (QED) is 0.391. The molecule has 10 heteroatoms. The minimum Gasteiger partial charge on any atom is -0.508 e. The molecule has 0 aromatic heterocycles. The number of amides is 1. The van der Waals surface area contributed by atoms with Crippen molar-refractivity contribution in [1.29, 1.82) is 0 Å². The second-order valence-electron chi connectivity index (χ2n) is 9.43. The first-order valence-electron chi connectivity index (χ1n) is 11.1. The molecule has 0 heterocycles. The maximum Gasteiger partial charge on any atom is 0.255 e. The number of carbonyl (C=O) groups excluding carboxylic acids is 3. The molecular formula is C24H29N3O7. The number of likely N-dealkylation sites (N-methyl/N-ethyl adjacent to an activating group) is 1. The molecule has 4 atom stereocenters. The highest BCUT2D eigenvalue weighted by Gasteiger charge is 2.64. The second-order valence-corrected chi connectivity index (χ2v) is 9.43. The van der Waals surface area contributed by atoms with E-state index in [1.165, 1.54) is 11.0 Å². The fraction of sp³-hybridized carbons (Fsp3) is 0.458. The van der Waals surface area contributed by atoms with E-state index in [0.29, 0.717) is 12.1 Å². The molecule has 1 saturated carbocycles. The van der Waals surface area contributed by atoms with Crippen LogP contribution < -0.4 is 10.6 Å². The van der Waals surface area contributed by atoms with Crippen molar-refractivity contribution in [2.24, 2.45) is 17.6 Å². The summed E-state index contributed by atoms with van der Waals surface area (Å²) in [5, 5.41) is 44.1. The van der Waals surface area contributed by atoms with Gasteiger partial charge >= 0.3 is 0 Å². The van der Waals surface area contributed by atoms with Crippen LogP contribution in [-0.2, 0) is 20.8 Å². The molecule has 182 valence electrons. The number of phenolic OH excluding ortho intramolecular Hbond substituents is 1. The van der Waals surface area contributed by atoms with Gasteiger partial charge in [-0.15, -0.1) is 0 Å². The third kappa shape index (κ3) is 2.98. The Kier molecular flexibility index (Phi) is 5.49. The van der Waals surface area contributed by atoms with Gasteiger partial charge in [0.15, 0.2) is 11.4 Å². The predicted octanol–water partition coefficient (Wildman–Crippen LogP) is 0.420. The van der Waals surface area contributed by atoms with E-state index in [1.807, 2.05) is 18.9 Å². The number of fused-ring (bicyclic) bond motifs is 3. The summed E-state index contributed by atoms with van der Waals surface area (Å²) < 4.78 is 0. The van der Waals surface area contributed by atoms with Crippen LogP contribution in [0.5, 0.6) is 5.75 Å². The van der Waals surface area contributed by atoms with E-state index >= 15 is 0 Å².